The monoisotopic (exact) mass is 300 g/mol. The quantitative estimate of drug-likeness (QED) is 0.838. The maximum Gasteiger partial charge on any atom is 0.246 e. The van der Waals surface area contributed by atoms with Crippen molar-refractivity contribution < 1.29 is 12.8 Å². The van der Waals surface area contributed by atoms with Crippen LogP contribution in [0.4, 0.5) is 0 Å². The van der Waals surface area contributed by atoms with Gasteiger partial charge in [0.05, 0.1) is 6.54 Å². The first-order valence-electron chi connectivity index (χ1n) is 7.21. The molecule has 1 aliphatic carbocycles. The van der Waals surface area contributed by atoms with E-state index in [9.17, 15) is 8.42 Å². The van der Waals surface area contributed by atoms with E-state index in [1.165, 1.54) is 10.7 Å². The van der Waals surface area contributed by atoms with Crippen molar-refractivity contribution in [2.75, 3.05) is 20.1 Å². The summed E-state index contributed by atoms with van der Waals surface area (Å²) in [6, 6.07) is 1.64. The van der Waals surface area contributed by atoms with E-state index in [0.717, 1.165) is 19.4 Å². The highest BCUT2D eigenvalue weighted by molar-refractivity contribution is 7.89. The molecule has 0 radical (unpaired) electrons. The Kier molecular flexibility index (Phi) is 4.88. The molecule has 1 saturated carbocycles. The van der Waals surface area contributed by atoms with E-state index in [4.69, 9.17) is 4.42 Å². The van der Waals surface area contributed by atoms with Crippen LogP contribution in [-0.4, -0.2) is 32.9 Å². The summed E-state index contributed by atoms with van der Waals surface area (Å²) in [4.78, 5) is 0.298. The molecule has 2 rings (SSSR count). The standard InChI is InChI=1S/C14H24N2O3S/c1-4-15-9-13-8-14(11(2)19-13)20(17,18)16(3)10-12-6-5-7-12/h8,12,15H,4-7,9-10H2,1-3H3. The van der Waals surface area contributed by atoms with Crippen LogP contribution in [0.25, 0.3) is 0 Å². The van der Waals surface area contributed by atoms with Crippen LogP contribution < -0.4 is 5.32 Å². The Hall–Kier alpha value is -0.850. The Labute approximate surface area is 121 Å². The molecular weight excluding hydrogens is 276 g/mol. The van der Waals surface area contributed by atoms with E-state index in [0.29, 0.717) is 35.4 Å². The van der Waals surface area contributed by atoms with Crippen LogP contribution in [-0.2, 0) is 16.6 Å². The van der Waals surface area contributed by atoms with Crippen molar-refractivity contribution in [3.63, 3.8) is 0 Å². The van der Waals surface area contributed by atoms with Crippen LogP contribution in [0, 0.1) is 12.8 Å². The molecule has 0 aliphatic heterocycles. The minimum Gasteiger partial charge on any atom is -0.464 e. The van der Waals surface area contributed by atoms with Crippen molar-refractivity contribution >= 4 is 10.0 Å². The van der Waals surface area contributed by atoms with E-state index in [2.05, 4.69) is 5.32 Å². The number of nitrogens with one attached hydrogen (secondary N) is 1. The number of hydrogen-bond acceptors (Lipinski definition) is 4. The fraction of sp³-hybridized carbons (Fsp3) is 0.714. The average molecular weight is 300 g/mol. The van der Waals surface area contributed by atoms with Crippen LogP contribution in [0.15, 0.2) is 15.4 Å². The van der Waals surface area contributed by atoms with Gasteiger partial charge in [-0.3, -0.25) is 0 Å². The predicted molar refractivity (Wildman–Crippen MR) is 78.0 cm³/mol. The number of nitrogens with zero attached hydrogens (tertiary/aromatic N) is 1. The third-order valence-corrected chi connectivity index (χ3v) is 5.83. The van der Waals surface area contributed by atoms with Crippen molar-refractivity contribution in [3.05, 3.63) is 17.6 Å². The summed E-state index contributed by atoms with van der Waals surface area (Å²) in [6.45, 7) is 5.69. The average Bonchev–Trinajstić information content (AvgIpc) is 2.72. The van der Waals surface area contributed by atoms with Crippen molar-refractivity contribution in [2.24, 2.45) is 5.92 Å². The zero-order valence-corrected chi connectivity index (χ0v) is 13.3. The van der Waals surface area contributed by atoms with Crippen molar-refractivity contribution in [1.82, 2.24) is 9.62 Å². The van der Waals surface area contributed by atoms with E-state index in [-0.39, 0.29) is 0 Å². The molecular formula is C14H24N2O3S. The van der Waals surface area contributed by atoms with Crippen LogP contribution in [0.5, 0.6) is 0 Å². The van der Waals surface area contributed by atoms with Gasteiger partial charge in [-0.1, -0.05) is 13.3 Å². The first-order chi connectivity index (χ1) is 9.45. The lowest BCUT2D eigenvalue weighted by Crippen LogP contribution is -2.34. The highest BCUT2D eigenvalue weighted by Crippen LogP contribution is 2.29. The van der Waals surface area contributed by atoms with E-state index in [1.807, 2.05) is 6.92 Å². The van der Waals surface area contributed by atoms with Gasteiger partial charge in [-0.25, -0.2) is 12.7 Å². The molecule has 0 bridgehead atoms. The second-order valence-corrected chi connectivity index (χ2v) is 7.51. The molecule has 0 unspecified atom stereocenters. The Balaban J connectivity index is 2.13. The van der Waals surface area contributed by atoms with Gasteiger partial charge in [-0.2, -0.15) is 0 Å². The van der Waals surface area contributed by atoms with Gasteiger partial charge < -0.3 is 9.73 Å². The second-order valence-electron chi connectivity index (χ2n) is 5.50. The van der Waals surface area contributed by atoms with Crippen LogP contribution in [0.1, 0.15) is 37.7 Å². The van der Waals surface area contributed by atoms with Gasteiger partial charge in [-0.05, 0) is 32.2 Å². The number of aryl methyl sites for hydroxylation is 1. The predicted octanol–water partition coefficient (Wildman–Crippen LogP) is 2.12. The van der Waals surface area contributed by atoms with E-state index >= 15 is 0 Å². The molecule has 0 saturated heterocycles. The summed E-state index contributed by atoms with van der Waals surface area (Å²) in [6.07, 6.45) is 3.49. The highest BCUT2D eigenvalue weighted by Gasteiger charge is 2.29. The normalized spacial score (nSPS) is 16.6. The molecule has 1 fully saturated rings. The summed E-state index contributed by atoms with van der Waals surface area (Å²) in [5.41, 5.74) is 0. The van der Waals surface area contributed by atoms with Gasteiger partial charge >= 0.3 is 0 Å². The smallest absolute Gasteiger partial charge is 0.246 e. The van der Waals surface area contributed by atoms with Gasteiger partial charge in [0.15, 0.2) is 0 Å². The summed E-state index contributed by atoms with van der Waals surface area (Å²) in [7, 11) is -1.78. The molecule has 20 heavy (non-hydrogen) atoms. The lowest BCUT2D eigenvalue weighted by atomic mass is 9.86. The molecule has 1 aliphatic rings. The van der Waals surface area contributed by atoms with Crippen molar-refractivity contribution in [3.8, 4) is 0 Å². The largest absolute Gasteiger partial charge is 0.464 e. The highest BCUT2D eigenvalue weighted by atomic mass is 32.2. The van der Waals surface area contributed by atoms with Gasteiger partial charge in [0.1, 0.15) is 16.4 Å². The topological polar surface area (TPSA) is 62.6 Å². The van der Waals surface area contributed by atoms with Gasteiger partial charge in [0, 0.05) is 19.7 Å². The molecule has 0 spiro atoms. The second kappa shape index (κ2) is 6.28. The molecule has 0 atom stereocenters. The lowest BCUT2D eigenvalue weighted by molar-refractivity contribution is 0.263. The van der Waals surface area contributed by atoms with Crippen LogP contribution >= 0.6 is 0 Å². The van der Waals surface area contributed by atoms with E-state index < -0.39 is 10.0 Å². The molecule has 5 nitrogen and oxygen atoms in total. The minimum atomic E-state index is -3.43. The molecule has 6 heteroatoms. The van der Waals surface area contributed by atoms with Crippen molar-refractivity contribution in [1.29, 1.82) is 0 Å². The first kappa shape index (κ1) is 15.5. The fourth-order valence-corrected chi connectivity index (χ4v) is 3.85. The van der Waals surface area contributed by atoms with E-state index in [1.54, 1.807) is 20.0 Å². The summed E-state index contributed by atoms with van der Waals surface area (Å²) < 4.78 is 32.1. The van der Waals surface area contributed by atoms with Crippen LogP contribution in [0.3, 0.4) is 0 Å². The zero-order valence-electron chi connectivity index (χ0n) is 12.5. The van der Waals surface area contributed by atoms with Crippen LogP contribution in [0.2, 0.25) is 0 Å². The molecule has 1 N–H and O–H groups in total. The third-order valence-electron chi connectivity index (χ3n) is 3.90. The molecule has 114 valence electrons. The summed E-state index contributed by atoms with van der Waals surface area (Å²) in [5.74, 6) is 1.65. The Morgan fingerprint density at radius 3 is 2.70 bits per heavy atom. The van der Waals surface area contributed by atoms with Crippen molar-refractivity contribution in [2.45, 2.75) is 44.6 Å². The third kappa shape index (κ3) is 3.24. The van der Waals surface area contributed by atoms with Gasteiger partial charge in [0.2, 0.25) is 10.0 Å². The number of hydrogen-bond donors (Lipinski definition) is 1. The summed E-state index contributed by atoms with van der Waals surface area (Å²) in [5, 5.41) is 3.13. The molecule has 1 aromatic heterocycles. The minimum absolute atomic E-state index is 0.298. The Morgan fingerprint density at radius 1 is 1.45 bits per heavy atom. The number of sulfonamides is 1. The maximum absolute atomic E-state index is 12.6. The number of rotatable bonds is 7. The fourth-order valence-electron chi connectivity index (χ4n) is 2.42. The van der Waals surface area contributed by atoms with Gasteiger partial charge in [0.25, 0.3) is 0 Å². The first-order valence-corrected chi connectivity index (χ1v) is 8.65. The van der Waals surface area contributed by atoms with Gasteiger partial charge in [-0.15, -0.1) is 0 Å². The SMILES string of the molecule is CCNCc1cc(S(=O)(=O)N(C)CC2CCC2)c(C)o1. The molecule has 0 amide bonds. The zero-order chi connectivity index (χ0) is 14.8. The molecule has 1 aromatic rings. The Morgan fingerprint density at radius 2 is 2.15 bits per heavy atom. The lowest BCUT2D eigenvalue weighted by Gasteiger charge is -2.29. The summed E-state index contributed by atoms with van der Waals surface area (Å²) >= 11 is 0. The number of furan rings is 1. The molecule has 0 aromatic carbocycles. The maximum atomic E-state index is 12.6. The molecule has 1 heterocycles. The Bertz CT molecular complexity index is 547.